The number of hydrogen-bond donors (Lipinski definition) is 2. The molecular weight excluding hydrogens is 182 g/mol. The van der Waals surface area contributed by atoms with Crippen molar-refractivity contribution < 1.29 is 5.11 Å². The maximum absolute atomic E-state index is 9.22. The third kappa shape index (κ3) is 1.60. The van der Waals surface area contributed by atoms with Crippen molar-refractivity contribution in [3.8, 4) is 11.4 Å². The molecule has 2 rings (SSSR count). The highest BCUT2D eigenvalue weighted by atomic mass is 16.3. The van der Waals surface area contributed by atoms with Crippen molar-refractivity contribution in [1.82, 2.24) is 25.1 Å². The molecule has 2 aromatic rings. The van der Waals surface area contributed by atoms with Gasteiger partial charge in [0.15, 0.2) is 11.6 Å². The molecule has 1 atom stereocenters. The van der Waals surface area contributed by atoms with Gasteiger partial charge in [-0.2, -0.15) is 5.10 Å². The van der Waals surface area contributed by atoms with E-state index >= 15 is 0 Å². The molecule has 6 heteroatoms. The van der Waals surface area contributed by atoms with Crippen LogP contribution in [-0.4, -0.2) is 30.3 Å². The topological polar surface area (TPSA) is 87.6 Å². The number of nitrogens with one attached hydrogen (secondary N) is 1. The van der Waals surface area contributed by atoms with Gasteiger partial charge in [0.1, 0.15) is 12.4 Å². The first-order chi connectivity index (χ1) is 6.77. The van der Waals surface area contributed by atoms with Gasteiger partial charge in [-0.05, 0) is 6.92 Å². The largest absolute Gasteiger partial charge is 0.385 e. The van der Waals surface area contributed by atoms with Crippen LogP contribution in [0.4, 0.5) is 0 Å². The minimum atomic E-state index is -0.652. The lowest BCUT2D eigenvalue weighted by Gasteiger charge is -1.94. The molecule has 72 valence electrons. The Morgan fingerprint density at radius 2 is 2.07 bits per heavy atom. The number of nitrogens with zero attached hydrogens (tertiary/aromatic N) is 4. The maximum Gasteiger partial charge on any atom is 0.184 e. The van der Waals surface area contributed by atoms with Crippen molar-refractivity contribution in [2.24, 2.45) is 0 Å². The minimum Gasteiger partial charge on any atom is -0.385 e. The Bertz CT molecular complexity index is 411. The average molecular weight is 191 g/mol. The predicted octanol–water partition coefficient (Wildman–Crippen LogP) is 0.315. The summed E-state index contributed by atoms with van der Waals surface area (Å²) in [4.78, 5) is 11.8. The molecule has 0 spiro atoms. The second-order valence-corrected chi connectivity index (χ2v) is 2.85. The van der Waals surface area contributed by atoms with Crippen LogP contribution in [0, 0.1) is 0 Å². The van der Waals surface area contributed by atoms with Gasteiger partial charge in [0, 0.05) is 12.4 Å². The second-order valence-electron chi connectivity index (χ2n) is 2.85. The third-order valence-corrected chi connectivity index (χ3v) is 1.72. The summed E-state index contributed by atoms with van der Waals surface area (Å²) < 4.78 is 0. The highest BCUT2D eigenvalue weighted by molar-refractivity contribution is 5.50. The summed E-state index contributed by atoms with van der Waals surface area (Å²) in [5.41, 5.74) is 0.718. The van der Waals surface area contributed by atoms with Crippen LogP contribution in [0.3, 0.4) is 0 Å². The molecule has 0 bridgehead atoms. The molecule has 2 heterocycles. The van der Waals surface area contributed by atoms with Gasteiger partial charge >= 0.3 is 0 Å². The van der Waals surface area contributed by atoms with Gasteiger partial charge < -0.3 is 5.11 Å². The molecule has 1 unspecified atom stereocenters. The molecule has 2 aromatic heterocycles. The summed E-state index contributed by atoms with van der Waals surface area (Å²) in [6, 6.07) is 0. The first kappa shape index (κ1) is 8.76. The van der Waals surface area contributed by atoms with Crippen molar-refractivity contribution in [2.75, 3.05) is 0 Å². The van der Waals surface area contributed by atoms with Gasteiger partial charge in [0.25, 0.3) is 0 Å². The number of aromatic amines is 1. The van der Waals surface area contributed by atoms with Crippen LogP contribution in [0.1, 0.15) is 18.9 Å². The fourth-order valence-electron chi connectivity index (χ4n) is 1.00. The van der Waals surface area contributed by atoms with Gasteiger partial charge in [-0.3, -0.25) is 5.10 Å². The van der Waals surface area contributed by atoms with Gasteiger partial charge in [-0.1, -0.05) is 0 Å². The van der Waals surface area contributed by atoms with Crippen molar-refractivity contribution in [1.29, 1.82) is 0 Å². The van der Waals surface area contributed by atoms with Gasteiger partial charge in [-0.25, -0.2) is 15.0 Å². The first-order valence-electron chi connectivity index (χ1n) is 4.13. The van der Waals surface area contributed by atoms with E-state index in [0.717, 1.165) is 5.56 Å². The SMILES string of the molecule is CC(O)c1nc(-c2cncnc2)n[nH]1. The van der Waals surface area contributed by atoms with Crippen LogP contribution in [0.5, 0.6) is 0 Å². The lowest BCUT2D eigenvalue weighted by Crippen LogP contribution is -1.93. The Morgan fingerprint density at radius 1 is 1.36 bits per heavy atom. The molecule has 0 saturated carbocycles. The first-order valence-corrected chi connectivity index (χ1v) is 4.13. The molecule has 0 fully saturated rings. The number of hydrogen-bond acceptors (Lipinski definition) is 5. The molecular formula is C8H9N5O. The molecule has 2 N–H and O–H groups in total. The summed E-state index contributed by atoms with van der Waals surface area (Å²) in [6.07, 6.45) is 4.01. The van der Waals surface area contributed by atoms with Crippen molar-refractivity contribution in [3.63, 3.8) is 0 Å². The Kier molecular flexibility index (Phi) is 2.19. The average Bonchev–Trinajstić information content (AvgIpc) is 2.68. The lowest BCUT2D eigenvalue weighted by molar-refractivity contribution is 0.189. The molecule has 0 saturated heterocycles. The number of aromatic nitrogens is 5. The molecule has 6 nitrogen and oxygen atoms in total. The van der Waals surface area contributed by atoms with Crippen LogP contribution >= 0.6 is 0 Å². The Balaban J connectivity index is 2.34. The second kappa shape index (κ2) is 3.51. The van der Waals surface area contributed by atoms with E-state index in [9.17, 15) is 5.11 Å². The Hall–Kier alpha value is -1.82. The highest BCUT2D eigenvalue weighted by Crippen LogP contribution is 2.13. The zero-order valence-corrected chi connectivity index (χ0v) is 7.55. The van der Waals surface area contributed by atoms with E-state index < -0.39 is 6.10 Å². The fourth-order valence-corrected chi connectivity index (χ4v) is 1.00. The summed E-state index contributed by atoms with van der Waals surface area (Å²) in [5.74, 6) is 0.922. The summed E-state index contributed by atoms with van der Waals surface area (Å²) in [7, 11) is 0. The third-order valence-electron chi connectivity index (χ3n) is 1.72. The summed E-state index contributed by atoms with van der Waals surface area (Å²) in [6.45, 7) is 1.62. The van der Waals surface area contributed by atoms with E-state index in [-0.39, 0.29) is 0 Å². The van der Waals surface area contributed by atoms with E-state index in [1.54, 1.807) is 19.3 Å². The minimum absolute atomic E-state index is 0.434. The standard InChI is InChI=1S/C8H9N5O/c1-5(14)7-11-8(13-12-7)6-2-9-4-10-3-6/h2-5,14H,1H3,(H,11,12,13). The number of rotatable bonds is 2. The number of aliphatic hydroxyl groups is 1. The van der Waals surface area contributed by atoms with Crippen molar-refractivity contribution in [3.05, 3.63) is 24.5 Å². The number of aliphatic hydroxyl groups excluding tert-OH is 1. The van der Waals surface area contributed by atoms with Crippen LogP contribution in [0.2, 0.25) is 0 Å². The lowest BCUT2D eigenvalue weighted by atomic mass is 10.3. The highest BCUT2D eigenvalue weighted by Gasteiger charge is 2.09. The van der Waals surface area contributed by atoms with Crippen molar-refractivity contribution in [2.45, 2.75) is 13.0 Å². The fraction of sp³-hybridized carbons (Fsp3) is 0.250. The monoisotopic (exact) mass is 191 g/mol. The van der Waals surface area contributed by atoms with Crippen LogP contribution in [0.15, 0.2) is 18.7 Å². The van der Waals surface area contributed by atoms with Crippen molar-refractivity contribution >= 4 is 0 Å². The molecule has 0 aliphatic carbocycles. The molecule has 0 aromatic carbocycles. The van der Waals surface area contributed by atoms with Crippen LogP contribution in [0.25, 0.3) is 11.4 Å². The summed E-state index contributed by atoms with van der Waals surface area (Å²) in [5, 5.41) is 15.8. The van der Waals surface area contributed by atoms with Crippen LogP contribution < -0.4 is 0 Å². The Morgan fingerprint density at radius 3 is 2.64 bits per heavy atom. The van der Waals surface area contributed by atoms with Crippen LogP contribution in [-0.2, 0) is 0 Å². The quantitative estimate of drug-likeness (QED) is 0.713. The van der Waals surface area contributed by atoms with Gasteiger partial charge in [0.2, 0.25) is 0 Å². The Labute approximate surface area is 80.1 Å². The van der Waals surface area contributed by atoms with Gasteiger partial charge in [0.05, 0.1) is 5.56 Å². The molecule has 0 aliphatic rings. The summed E-state index contributed by atoms with van der Waals surface area (Å²) >= 11 is 0. The van der Waals surface area contributed by atoms with E-state index in [1.165, 1.54) is 6.33 Å². The zero-order valence-electron chi connectivity index (χ0n) is 7.55. The smallest absolute Gasteiger partial charge is 0.184 e. The normalized spacial score (nSPS) is 12.7. The van der Waals surface area contributed by atoms with E-state index in [2.05, 4.69) is 25.1 Å². The predicted molar refractivity (Wildman–Crippen MR) is 48.0 cm³/mol. The zero-order chi connectivity index (χ0) is 9.97. The maximum atomic E-state index is 9.22. The van der Waals surface area contributed by atoms with Gasteiger partial charge in [-0.15, -0.1) is 0 Å². The van der Waals surface area contributed by atoms with E-state index in [4.69, 9.17) is 0 Å². The molecule has 0 amide bonds. The van der Waals surface area contributed by atoms with E-state index in [1.807, 2.05) is 0 Å². The number of H-pyrrole nitrogens is 1. The van der Waals surface area contributed by atoms with E-state index in [0.29, 0.717) is 11.6 Å². The molecule has 0 radical (unpaired) electrons. The molecule has 0 aliphatic heterocycles. The molecule has 14 heavy (non-hydrogen) atoms.